The second kappa shape index (κ2) is 9.07. The molecule has 0 radical (unpaired) electrons. The highest BCUT2D eigenvalue weighted by molar-refractivity contribution is 7.10. The number of benzene rings is 2. The largest absolute Gasteiger partial charge is 0.479 e. The Bertz CT molecular complexity index is 1140. The third kappa shape index (κ3) is 4.61. The first-order chi connectivity index (χ1) is 15.8. The van der Waals surface area contributed by atoms with Crippen LogP contribution in [0, 0.1) is 0 Å². The van der Waals surface area contributed by atoms with E-state index >= 15 is 0 Å². The van der Waals surface area contributed by atoms with Crippen LogP contribution in [0.15, 0.2) is 66.0 Å². The molecule has 4 rings (SSSR count). The van der Waals surface area contributed by atoms with Gasteiger partial charge < -0.3 is 20.5 Å². The molecule has 1 aliphatic carbocycles. The van der Waals surface area contributed by atoms with Crippen LogP contribution in [-0.2, 0) is 14.3 Å². The molecule has 0 aliphatic heterocycles. The van der Waals surface area contributed by atoms with Gasteiger partial charge in [-0.1, -0.05) is 54.6 Å². The average molecular weight is 465 g/mol. The third-order valence-corrected chi connectivity index (χ3v) is 6.61. The highest BCUT2D eigenvalue weighted by Crippen LogP contribution is 2.44. The predicted octanol–water partition coefficient (Wildman–Crippen LogP) is 4.31. The fourth-order valence-corrected chi connectivity index (χ4v) is 4.74. The number of alkyl carbamates (subject to hydrolysis) is 1. The van der Waals surface area contributed by atoms with E-state index in [9.17, 15) is 19.5 Å². The zero-order valence-corrected chi connectivity index (χ0v) is 19.0. The van der Waals surface area contributed by atoms with Gasteiger partial charge in [0.1, 0.15) is 12.1 Å². The number of thiophene rings is 1. The number of hydrogen-bond acceptors (Lipinski definition) is 5. The second-order valence-electron chi connectivity index (χ2n) is 8.34. The summed E-state index contributed by atoms with van der Waals surface area (Å²) in [5, 5.41) is 16.3. The monoisotopic (exact) mass is 464 g/mol. The van der Waals surface area contributed by atoms with Gasteiger partial charge in [0, 0.05) is 10.8 Å². The van der Waals surface area contributed by atoms with E-state index in [1.54, 1.807) is 17.5 Å². The van der Waals surface area contributed by atoms with Crippen LogP contribution in [0.2, 0.25) is 0 Å². The van der Waals surface area contributed by atoms with Gasteiger partial charge in [0.25, 0.3) is 0 Å². The molecule has 0 fully saturated rings. The van der Waals surface area contributed by atoms with Gasteiger partial charge in [-0.15, -0.1) is 11.3 Å². The van der Waals surface area contributed by atoms with Crippen molar-refractivity contribution in [1.29, 1.82) is 0 Å². The van der Waals surface area contributed by atoms with Crippen LogP contribution in [0.3, 0.4) is 0 Å². The summed E-state index contributed by atoms with van der Waals surface area (Å²) in [4.78, 5) is 37.4. The molecule has 1 atom stereocenters. The Balaban J connectivity index is 1.40. The van der Waals surface area contributed by atoms with E-state index in [-0.39, 0.29) is 12.5 Å². The molecule has 1 unspecified atom stereocenters. The smallest absolute Gasteiger partial charge is 0.408 e. The summed E-state index contributed by atoms with van der Waals surface area (Å²) in [5.74, 6) is -1.91. The number of hydrogen-bond donors (Lipinski definition) is 3. The summed E-state index contributed by atoms with van der Waals surface area (Å²) in [6.45, 7) is 3.11. The first-order valence-electron chi connectivity index (χ1n) is 10.5. The highest BCUT2D eigenvalue weighted by Gasteiger charge is 2.35. The fourth-order valence-electron chi connectivity index (χ4n) is 3.97. The number of carbonyl (C=O) groups excluding carboxylic acids is 2. The van der Waals surface area contributed by atoms with Crippen molar-refractivity contribution in [2.45, 2.75) is 31.3 Å². The molecule has 8 heteroatoms. The number of carbonyl (C=O) groups is 3. The molecule has 1 aromatic heterocycles. The number of aliphatic carboxylic acids is 1. The second-order valence-corrected chi connectivity index (χ2v) is 9.31. The lowest BCUT2D eigenvalue weighted by Gasteiger charge is -2.27. The number of carboxylic acid groups (broad SMARTS) is 1. The standard InChI is InChI=1S/C25H24N2O5S/c1-25(2,23(30)26-21(22(28)29)20-12-7-13-33-20)27-24(31)32-14-19-17-10-5-3-8-15(17)16-9-4-6-11-18(16)19/h3-13,19,21H,14H2,1-2H3,(H,26,30)(H,27,31)(H,28,29). The molecular formula is C25H24N2O5S. The lowest BCUT2D eigenvalue weighted by atomic mass is 9.98. The predicted molar refractivity (Wildman–Crippen MR) is 125 cm³/mol. The highest BCUT2D eigenvalue weighted by atomic mass is 32.1. The molecule has 0 saturated heterocycles. The Kier molecular flexibility index (Phi) is 6.20. The van der Waals surface area contributed by atoms with Crippen LogP contribution >= 0.6 is 11.3 Å². The first kappa shape index (κ1) is 22.5. The zero-order chi connectivity index (χ0) is 23.6. The minimum absolute atomic E-state index is 0.102. The van der Waals surface area contributed by atoms with E-state index in [1.165, 1.54) is 25.2 Å². The van der Waals surface area contributed by atoms with Crippen LogP contribution < -0.4 is 10.6 Å². The first-order valence-corrected chi connectivity index (χ1v) is 11.4. The summed E-state index contributed by atoms with van der Waals surface area (Å²) in [6.07, 6.45) is -0.750. The van der Waals surface area contributed by atoms with Crippen LogP contribution in [0.25, 0.3) is 11.1 Å². The van der Waals surface area contributed by atoms with Gasteiger partial charge in [-0.05, 0) is 47.5 Å². The van der Waals surface area contributed by atoms with Gasteiger partial charge in [0.15, 0.2) is 6.04 Å². The van der Waals surface area contributed by atoms with E-state index in [4.69, 9.17) is 4.74 Å². The van der Waals surface area contributed by atoms with Crippen molar-refractivity contribution in [2.75, 3.05) is 6.61 Å². The maximum atomic E-state index is 12.8. The molecule has 170 valence electrons. The lowest BCUT2D eigenvalue weighted by Crippen LogP contribution is -2.56. The van der Waals surface area contributed by atoms with Crippen LogP contribution in [-0.4, -0.2) is 35.2 Å². The van der Waals surface area contributed by atoms with Crippen molar-refractivity contribution in [3.05, 3.63) is 82.0 Å². The topological polar surface area (TPSA) is 105 Å². The van der Waals surface area contributed by atoms with E-state index < -0.39 is 29.6 Å². The minimum Gasteiger partial charge on any atom is -0.479 e. The SMILES string of the molecule is CC(C)(NC(=O)OCC1c2ccccc2-c2ccccc21)C(=O)NC(C(=O)O)c1cccs1. The summed E-state index contributed by atoms with van der Waals surface area (Å²) in [5.41, 5.74) is 3.03. The molecule has 3 aromatic rings. The molecule has 33 heavy (non-hydrogen) atoms. The Labute approximate surface area is 195 Å². The molecule has 7 nitrogen and oxygen atoms in total. The number of amides is 2. The van der Waals surface area contributed by atoms with Crippen molar-refractivity contribution in [3.8, 4) is 11.1 Å². The van der Waals surface area contributed by atoms with E-state index in [2.05, 4.69) is 10.6 Å². The number of fused-ring (bicyclic) bond motifs is 3. The van der Waals surface area contributed by atoms with Gasteiger partial charge in [0.05, 0.1) is 0 Å². The Morgan fingerprint density at radius 1 is 1.00 bits per heavy atom. The van der Waals surface area contributed by atoms with Gasteiger partial charge in [-0.2, -0.15) is 0 Å². The maximum absolute atomic E-state index is 12.8. The molecule has 2 amide bonds. The van der Waals surface area contributed by atoms with E-state index in [1.807, 2.05) is 48.5 Å². The quantitative estimate of drug-likeness (QED) is 0.483. The fraction of sp³-hybridized carbons (Fsp3) is 0.240. The third-order valence-electron chi connectivity index (χ3n) is 5.68. The van der Waals surface area contributed by atoms with Crippen LogP contribution in [0.1, 0.15) is 41.8 Å². The molecule has 1 heterocycles. The van der Waals surface area contributed by atoms with Crippen LogP contribution in [0.5, 0.6) is 0 Å². The van der Waals surface area contributed by atoms with Gasteiger partial charge in [0.2, 0.25) is 5.91 Å². The van der Waals surface area contributed by atoms with Crippen molar-refractivity contribution in [1.82, 2.24) is 10.6 Å². The molecule has 0 spiro atoms. The zero-order valence-electron chi connectivity index (χ0n) is 18.2. The van der Waals surface area contributed by atoms with Gasteiger partial charge in [-0.25, -0.2) is 9.59 Å². The van der Waals surface area contributed by atoms with Crippen LogP contribution in [0.4, 0.5) is 4.79 Å². The number of carboxylic acids is 1. The van der Waals surface area contributed by atoms with Crippen molar-refractivity contribution < 1.29 is 24.2 Å². The van der Waals surface area contributed by atoms with E-state index in [0.717, 1.165) is 22.3 Å². The van der Waals surface area contributed by atoms with E-state index in [0.29, 0.717) is 4.88 Å². The molecule has 2 aromatic carbocycles. The molecule has 3 N–H and O–H groups in total. The maximum Gasteiger partial charge on any atom is 0.408 e. The number of ether oxygens (including phenoxy) is 1. The van der Waals surface area contributed by atoms with Gasteiger partial charge >= 0.3 is 12.1 Å². The number of nitrogens with one attached hydrogen (secondary N) is 2. The summed E-state index contributed by atoms with van der Waals surface area (Å²) >= 11 is 1.23. The molecular weight excluding hydrogens is 440 g/mol. The summed E-state index contributed by atoms with van der Waals surface area (Å²) in [6, 6.07) is 18.2. The molecule has 1 aliphatic rings. The minimum atomic E-state index is -1.38. The normalized spacial score (nSPS) is 13.5. The van der Waals surface area contributed by atoms with Crippen molar-refractivity contribution in [3.63, 3.8) is 0 Å². The molecule has 0 bridgehead atoms. The Hall–Kier alpha value is -3.65. The van der Waals surface area contributed by atoms with Crippen molar-refractivity contribution >= 4 is 29.3 Å². The number of rotatable bonds is 7. The molecule has 0 saturated carbocycles. The van der Waals surface area contributed by atoms with Crippen molar-refractivity contribution in [2.24, 2.45) is 0 Å². The van der Waals surface area contributed by atoms with Gasteiger partial charge in [-0.3, -0.25) is 4.79 Å². The average Bonchev–Trinajstić information content (AvgIpc) is 3.42. The Morgan fingerprint density at radius 2 is 1.61 bits per heavy atom. The Morgan fingerprint density at radius 3 is 2.15 bits per heavy atom. The summed E-state index contributed by atoms with van der Waals surface area (Å²) < 4.78 is 5.51. The lowest BCUT2D eigenvalue weighted by molar-refractivity contribution is -0.142. The summed E-state index contributed by atoms with van der Waals surface area (Å²) in [7, 11) is 0.